The summed E-state index contributed by atoms with van der Waals surface area (Å²) < 4.78 is 1.66. The zero-order chi connectivity index (χ0) is 14.7. The van der Waals surface area contributed by atoms with Crippen LogP contribution in [0.1, 0.15) is 30.6 Å². The van der Waals surface area contributed by atoms with Crippen molar-refractivity contribution in [3.05, 3.63) is 32.4 Å². The molecule has 2 heterocycles. The van der Waals surface area contributed by atoms with E-state index in [1.165, 1.54) is 0 Å². The molecule has 0 fully saturated rings. The number of nitrogens with zero attached hydrogens (tertiary/aromatic N) is 4. The quantitative estimate of drug-likeness (QED) is 0.654. The van der Waals surface area contributed by atoms with Crippen LogP contribution in [0, 0.1) is 17.0 Å². The van der Waals surface area contributed by atoms with Gasteiger partial charge in [-0.3, -0.25) is 10.1 Å². The fourth-order valence-corrected chi connectivity index (χ4v) is 2.58. The predicted molar refractivity (Wildman–Crippen MR) is 78.3 cm³/mol. The first-order valence-electron chi connectivity index (χ1n) is 6.36. The molecule has 0 amide bonds. The first kappa shape index (κ1) is 14.4. The van der Waals surface area contributed by atoms with Gasteiger partial charge < -0.3 is 5.32 Å². The van der Waals surface area contributed by atoms with E-state index in [0.717, 1.165) is 11.4 Å². The molecule has 1 N–H and O–H groups in total. The Morgan fingerprint density at radius 3 is 2.85 bits per heavy atom. The molecule has 20 heavy (non-hydrogen) atoms. The van der Waals surface area contributed by atoms with E-state index >= 15 is 0 Å². The Morgan fingerprint density at radius 2 is 2.30 bits per heavy atom. The molecule has 0 saturated heterocycles. The first-order chi connectivity index (χ1) is 9.50. The molecule has 0 aromatic carbocycles. The molecule has 0 radical (unpaired) electrons. The van der Waals surface area contributed by atoms with Gasteiger partial charge in [-0.2, -0.15) is 5.10 Å². The normalized spacial score (nSPS) is 11.0. The summed E-state index contributed by atoms with van der Waals surface area (Å²) in [6.45, 7) is 6.14. The number of thiazole rings is 1. The number of nitrogens with one attached hydrogen (secondary N) is 1. The van der Waals surface area contributed by atoms with Gasteiger partial charge >= 0.3 is 5.69 Å². The third-order valence-corrected chi connectivity index (χ3v) is 3.68. The van der Waals surface area contributed by atoms with Gasteiger partial charge in [-0.1, -0.05) is 0 Å². The van der Waals surface area contributed by atoms with E-state index in [1.807, 2.05) is 19.2 Å². The van der Waals surface area contributed by atoms with Crippen LogP contribution in [0.3, 0.4) is 0 Å². The van der Waals surface area contributed by atoms with Crippen LogP contribution >= 0.6 is 11.3 Å². The number of nitro groups is 1. The van der Waals surface area contributed by atoms with Gasteiger partial charge in [0.05, 0.1) is 9.93 Å². The summed E-state index contributed by atoms with van der Waals surface area (Å²) >= 11 is 1.58. The monoisotopic (exact) mass is 295 g/mol. The zero-order valence-electron chi connectivity index (χ0n) is 11.7. The summed E-state index contributed by atoms with van der Waals surface area (Å²) in [7, 11) is 0. The molecular weight excluding hydrogens is 278 g/mol. The zero-order valence-corrected chi connectivity index (χ0v) is 12.5. The Hall–Kier alpha value is -1.96. The maximum atomic E-state index is 11.2. The first-order valence-corrected chi connectivity index (χ1v) is 7.24. The summed E-state index contributed by atoms with van der Waals surface area (Å²) in [5, 5.41) is 21.5. The fraction of sp³-hybridized carbons (Fsp3) is 0.500. The van der Waals surface area contributed by atoms with Crippen molar-refractivity contribution < 1.29 is 4.92 Å². The second-order valence-electron chi connectivity index (χ2n) is 4.68. The van der Waals surface area contributed by atoms with E-state index in [0.29, 0.717) is 18.1 Å². The van der Waals surface area contributed by atoms with Crippen molar-refractivity contribution in [3.63, 3.8) is 0 Å². The van der Waals surface area contributed by atoms with Crippen LogP contribution in [0.25, 0.3) is 0 Å². The van der Waals surface area contributed by atoms with E-state index in [1.54, 1.807) is 29.1 Å². The van der Waals surface area contributed by atoms with Crippen molar-refractivity contribution in [2.45, 2.75) is 33.2 Å². The van der Waals surface area contributed by atoms with Gasteiger partial charge in [-0.05, 0) is 20.8 Å². The molecule has 2 aromatic heterocycles. The van der Waals surface area contributed by atoms with Crippen molar-refractivity contribution in [3.8, 4) is 0 Å². The van der Waals surface area contributed by atoms with E-state index < -0.39 is 0 Å². The second kappa shape index (κ2) is 6.00. The van der Waals surface area contributed by atoms with Crippen LogP contribution < -0.4 is 5.32 Å². The lowest BCUT2D eigenvalue weighted by Crippen LogP contribution is -2.13. The summed E-state index contributed by atoms with van der Waals surface area (Å²) in [6, 6.07) is 0.0600. The lowest BCUT2D eigenvalue weighted by molar-refractivity contribution is -0.384. The molecule has 0 bridgehead atoms. The highest BCUT2D eigenvalue weighted by atomic mass is 32.1. The van der Waals surface area contributed by atoms with Gasteiger partial charge in [0.15, 0.2) is 0 Å². The molecule has 2 rings (SSSR count). The number of rotatable bonds is 6. The van der Waals surface area contributed by atoms with Crippen molar-refractivity contribution in [1.29, 1.82) is 0 Å². The molecule has 0 unspecified atom stereocenters. The minimum Gasteiger partial charge on any atom is -0.364 e. The highest BCUT2D eigenvalue weighted by Gasteiger charge is 2.26. The third kappa shape index (κ3) is 2.96. The van der Waals surface area contributed by atoms with Crippen LogP contribution in [0.5, 0.6) is 0 Å². The summed E-state index contributed by atoms with van der Waals surface area (Å²) in [5.41, 5.74) is 0.485. The molecule has 0 aliphatic rings. The largest absolute Gasteiger partial charge is 0.364 e. The minimum absolute atomic E-state index is 0.0536. The molecule has 0 saturated carbocycles. The van der Waals surface area contributed by atoms with Crippen LogP contribution in [-0.2, 0) is 6.42 Å². The third-order valence-electron chi connectivity index (χ3n) is 2.84. The van der Waals surface area contributed by atoms with Gasteiger partial charge in [-0.25, -0.2) is 9.67 Å². The molecule has 108 valence electrons. The standard InChI is InChI=1S/C12H17N5O2S/c1-8(2)16-12(11(17(18)19)9(3)15-16)14-5-4-10-13-6-7-20-10/h6-8,14H,4-5H2,1-3H3. The van der Waals surface area contributed by atoms with Crippen LogP contribution in [-0.4, -0.2) is 26.2 Å². The average molecular weight is 295 g/mol. The van der Waals surface area contributed by atoms with Crippen molar-refractivity contribution in [2.24, 2.45) is 0 Å². The van der Waals surface area contributed by atoms with Crippen LogP contribution in [0.15, 0.2) is 11.6 Å². The molecule has 0 atom stereocenters. The van der Waals surface area contributed by atoms with E-state index in [9.17, 15) is 10.1 Å². The Morgan fingerprint density at radius 1 is 1.55 bits per heavy atom. The molecule has 8 heteroatoms. The molecule has 0 aliphatic carbocycles. The highest BCUT2D eigenvalue weighted by molar-refractivity contribution is 7.09. The summed E-state index contributed by atoms with van der Waals surface area (Å²) in [4.78, 5) is 15.0. The Labute approximate surface area is 120 Å². The minimum atomic E-state index is -0.382. The number of aryl methyl sites for hydroxylation is 1. The maximum Gasteiger partial charge on any atom is 0.333 e. The van der Waals surface area contributed by atoms with Gasteiger partial charge in [0.25, 0.3) is 0 Å². The number of anilines is 1. The summed E-state index contributed by atoms with van der Waals surface area (Å²) in [6.07, 6.45) is 2.49. The smallest absolute Gasteiger partial charge is 0.333 e. The number of aromatic nitrogens is 3. The number of hydrogen-bond donors (Lipinski definition) is 1. The Kier molecular flexibility index (Phi) is 4.33. The van der Waals surface area contributed by atoms with E-state index in [2.05, 4.69) is 15.4 Å². The molecule has 0 spiro atoms. The molecular formula is C12H17N5O2S. The molecule has 0 aliphatic heterocycles. The van der Waals surface area contributed by atoms with E-state index in [4.69, 9.17) is 0 Å². The Bertz CT molecular complexity index is 591. The van der Waals surface area contributed by atoms with E-state index in [-0.39, 0.29) is 16.7 Å². The van der Waals surface area contributed by atoms with Crippen molar-refractivity contribution in [1.82, 2.24) is 14.8 Å². The molecule has 7 nitrogen and oxygen atoms in total. The maximum absolute atomic E-state index is 11.2. The highest BCUT2D eigenvalue weighted by Crippen LogP contribution is 2.30. The summed E-state index contributed by atoms with van der Waals surface area (Å²) in [5.74, 6) is 0.471. The predicted octanol–water partition coefficient (Wildman–Crippen LogP) is 2.79. The van der Waals surface area contributed by atoms with Gasteiger partial charge in [0.2, 0.25) is 5.82 Å². The van der Waals surface area contributed by atoms with Crippen molar-refractivity contribution in [2.75, 3.05) is 11.9 Å². The second-order valence-corrected chi connectivity index (χ2v) is 5.66. The SMILES string of the molecule is Cc1nn(C(C)C)c(NCCc2nccs2)c1[N+](=O)[O-]. The Balaban J connectivity index is 2.18. The lowest BCUT2D eigenvalue weighted by Gasteiger charge is -2.11. The number of hydrogen-bond acceptors (Lipinski definition) is 6. The topological polar surface area (TPSA) is 85.9 Å². The molecule has 2 aromatic rings. The van der Waals surface area contributed by atoms with Crippen LogP contribution in [0.4, 0.5) is 11.5 Å². The fourth-order valence-electron chi connectivity index (χ4n) is 1.96. The van der Waals surface area contributed by atoms with Crippen molar-refractivity contribution >= 4 is 22.8 Å². The lowest BCUT2D eigenvalue weighted by atomic mass is 10.3. The van der Waals surface area contributed by atoms with Gasteiger partial charge in [0, 0.05) is 30.6 Å². The van der Waals surface area contributed by atoms with Gasteiger partial charge in [0.1, 0.15) is 5.69 Å². The van der Waals surface area contributed by atoms with Gasteiger partial charge in [-0.15, -0.1) is 11.3 Å². The van der Waals surface area contributed by atoms with Crippen LogP contribution in [0.2, 0.25) is 0 Å². The average Bonchev–Trinajstić information content (AvgIpc) is 2.97.